The summed E-state index contributed by atoms with van der Waals surface area (Å²) in [4.78, 5) is 21.5. The Labute approximate surface area is 58.0 Å². The SMILES string of the molecule is CCCCON=O.O=NO. The van der Waals surface area contributed by atoms with Crippen molar-refractivity contribution in [3.63, 3.8) is 0 Å². The van der Waals surface area contributed by atoms with E-state index in [1.165, 1.54) is 5.34 Å². The molecule has 0 aliphatic rings. The second-order valence-electron chi connectivity index (χ2n) is 1.34. The molecule has 0 aromatic carbocycles. The Morgan fingerprint density at radius 1 is 1.50 bits per heavy atom. The highest BCUT2D eigenvalue weighted by Gasteiger charge is 1.79. The van der Waals surface area contributed by atoms with Crippen LogP contribution in [0.1, 0.15) is 19.8 Å². The first-order valence-electron chi connectivity index (χ1n) is 2.74. The van der Waals surface area contributed by atoms with E-state index < -0.39 is 0 Å². The first-order valence-corrected chi connectivity index (χ1v) is 2.74. The molecule has 0 rings (SSSR count). The summed E-state index contributed by atoms with van der Waals surface area (Å²) in [6.45, 7) is 2.48. The van der Waals surface area contributed by atoms with Gasteiger partial charge >= 0.3 is 0 Å². The molecule has 0 amide bonds. The minimum absolute atomic E-state index is 0.458. The normalized spacial score (nSPS) is 6.90. The van der Waals surface area contributed by atoms with Crippen molar-refractivity contribution in [2.24, 2.45) is 10.7 Å². The van der Waals surface area contributed by atoms with Crippen LogP contribution in [0.4, 0.5) is 0 Å². The van der Waals surface area contributed by atoms with E-state index in [4.69, 9.17) is 10.1 Å². The third-order valence-electron chi connectivity index (χ3n) is 0.642. The fourth-order valence-electron chi connectivity index (χ4n) is 0.246. The molecule has 0 bridgehead atoms. The Kier molecular flexibility index (Phi) is 18.1. The van der Waals surface area contributed by atoms with Crippen LogP contribution in [-0.2, 0) is 4.84 Å². The topological polar surface area (TPSA) is 88.3 Å². The molecule has 0 aliphatic heterocycles. The molecule has 6 heteroatoms. The fourth-order valence-corrected chi connectivity index (χ4v) is 0.246. The minimum Gasteiger partial charge on any atom is -0.379 e. The summed E-state index contributed by atoms with van der Waals surface area (Å²) < 4.78 is 0. The molecular formula is C4H10N2O4. The van der Waals surface area contributed by atoms with Gasteiger partial charge < -0.3 is 10.0 Å². The van der Waals surface area contributed by atoms with Gasteiger partial charge in [0.05, 0.1) is 0 Å². The van der Waals surface area contributed by atoms with Gasteiger partial charge in [0.25, 0.3) is 0 Å². The van der Waals surface area contributed by atoms with Crippen LogP contribution in [-0.4, -0.2) is 11.8 Å². The number of hydrogen-bond donors (Lipinski definition) is 1. The van der Waals surface area contributed by atoms with Gasteiger partial charge in [0.15, 0.2) is 10.7 Å². The summed E-state index contributed by atoms with van der Waals surface area (Å²) in [5.74, 6) is 0. The Hall–Kier alpha value is -1.20. The van der Waals surface area contributed by atoms with E-state index in [1.807, 2.05) is 6.92 Å². The van der Waals surface area contributed by atoms with Crippen LogP contribution in [0, 0.1) is 9.81 Å². The zero-order valence-corrected chi connectivity index (χ0v) is 5.69. The van der Waals surface area contributed by atoms with E-state index in [0.29, 0.717) is 6.61 Å². The van der Waals surface area contributed by atoms with E-state index in [-0.39, 0.29) is 0 Å². The van der Waals surface area contributed by atoms with Crippen molar-refractivity contribution in [1.82, 2.24) is 0 Å². The van der Waals surface area contributed by atoms with Gasteiger partial charge in [0.2, 0.25) is 0 Å². The lowest BCUT2D eigenvalue weighted by molar-refractivity contribution is 0.136. The molecule has 0 unspecified atom stereocenters. The summed E-state index contributed by atoms with van der Waals surface area (Å²) >= 11 is 0. The van der Waals surface area contributed by atoms with E-state index in [9.17, 15) is 4.91 Å². The van der Waals surface area contributed by atoms with Crippen LogP contribution in [0.3, 0.4) is 0 Å². The fraction of sp³-hybridized carbons (Fsp3) is 1.00. The molecule has 10 heavy (non-hydrogen) atoms. The molecule has 60 valence electrons. The molecule has 0 aromatic rings. The monoisotopic (exact) mass is 150 g/mol. The molecular weight excluding hydrogens is 140 g/mol. The van der Waals surface area contributed by atoms with Crippen molar-refractivity contribution in [3.8, 4) is 0 Å². The lowest BCUT2D eigenvalue weighted by atomic mass is 10.4. The predicted molar refractivity (Wildman–Crippen MR) is 34.2 cm³/mol. The van der Waals surface area contributed by atoms with Gasteiger partial charge in [-0.2, -0.15) is 0 Å². The molecule has 0 aliphatic carbocycles. The summed E-state index contributed by atoms with van der Waals surface area (Å²) in [6.07, 6.45) is 1.95. The molecule has 0 saturated carbocycles. The van der Waals surface area contributed by atoms with Crippen LogP contribution in [0.25, 0.3) is 0 Å². The number of rotatable bonds is 4. The van der Waals surface area contributed by atoms with Gasteiger partial charge in [-0.1, -0.05) is 13.3 Å². The molecule has 0 radical (unpaired) electrons. The molecule has 0 heterocycles. The predicted octanol–water partition coefficient (Wildman–Crippen LogP) is 1.63. The van der Waals surface area contributed by atoms with Gasteiger partial charge in [-0.25, -0.2) is 0 Å². The van der Waals surface area contributed by atoms with Crippen LogP contribution >= 0.6 is 0 Å². The van der Waals surface area contributed by atoms with Gasteiger partial charge in [0, 0.05) is 0 Å². The van der Waals surface area contributed by atoms with Crippen molar-refractivity contribution in [2.45, 2.75) is 19.8 Å². The lowest BCUT2D eigenvalue weighted by Crippen LogP contribution is -1.83. The van der Waals surface area contributed by atoms with Crippen LogP contribution in [0.15, 0.2) is 10.7 Å². The molecule has 1 N–H and O–H groups in total. The summed E-state index contributed by atoms with van der Waals surface area (Å²) in [5, 5.41) is 10.1. The number of nitrogens with zero attached hydrogens (tertiary/aromatic N) is 2. The molecule has 0 aromatic heterocycles. The highest BCUT2D eigenvalue weighted by Crippen LogP contribution is 1.86. The molecule has 0 spiro atoms. The van der Waals surface area contributed by atoms with E-state index in [0.717, 1.165) is 12.8 Å². The molecule has 0 fully saturated rings. The van der Waals surface area contributed by atoms with Gasteiger partial charge in [-0.15, -0.1) is 9.81 Å². The average Bonchev–Trinajstić information content (AvgIpc) is 1.91. The van der Waals surface area contributed by atoms with E-state index in [2.05, 4.69) is 10.2 Å². The highest BCUT2D eigenvalue weighted by molar-refractivity contribution is 4.26. The Bertz CT molecular complexity index is 77.7. The zero-order chi connectivity index (χ0) is 8.24. The van der Waals surface area contributed by atoms with Gasteiger partial charge in [0.1, 0.15) is 6.61 Å². The quantitative estimate of drug-likeness (QED) is 0.374. The maximum Gasteiger partial charge on any atom is 0.155 e. The van der Waals surface area contributed by atoms with Crippen LogP contribution in [0.2, 0.25) is 0 Å². The van der Waals surface area contributed by atoms with Gasteiger partial charge in [-0.3, -0.25) is 0 Å². The Balaban J connectivity index is 0. The molecule has 0 atom stereocenters. The molecule has 0 saturated heterocycles. The summed E-state index contributed by atoms with van der Waals surface area (Å²) in [5.41, 5.74) is 0. The highest BCUT2D eigenvalue weighted by atomic mass is 16.7. The maximum absolute atomic E-state index is 9.21. The van der Waals surface area contributed by atoms with Crippen LogP contribution < -0.4 is 0 Å². The third kappa shape index (κ3) is 29.2. The Morgan fingerprint density at radius 3 is 2.30 bits per heavy atom. The van der Waals surface area contributed by atoms with Crippen molar-refractivity contribution >= 4 is 0 Å². The maximum atomic E-state index is 9.21. The first kappa shape index (κ1) is 11.6. The van der Waals surface area contributed by atoms with Crippen molar-refractivity contribution in [1.29, 1.82) is 0 Å². The molecule has 6 nitrogen and oxygen atoms in total. The van der Waals surface area contributed by atoms with Crippen LogP contribution in [0.5, 0.6) is 0 Å². The Morgan fingerprint density at radius 2 is 2.00 bits per heavy atom. The smallest absolute Gasteiger partial charge is 0.155 e. The zero-order valence-electron chi connectivity index (χ0n) is 5.69. The summed E-state index contributed by atoms with van der Waals surface area (Å²) in [6, 6.07) is 0. The van der Waals surface area contributed by atoms with Crippen molar-refractivity contribution in [3.05, 3.63) is 9.81 Å². The van der Waals surface area contributed by atoms with Gasteiger partial charge in [-0.05, 0) is 6.42 Å². The van der Waals surface area contributed by atoms with E-state index in [1.54, 1.807) is 0 Å². The largest absolute Gasteiger partial charge is 0.379 e. The lowest BCUT2D eigenvalue weighted by Gasteiger charge is -1.88. The average molecular weight is 150 g/mol. The third-order valence-corrected chi connectivity index (χ3v) is 0.642. The van der Waals surface area contributed by atoms with Crippen molar-refractivity contribution < 1.29 is 10.0 Å². The minimum atomic E-state index is 0.458. The number of hydrogen-bond acceptors (Lipinski definition) is 5. The standard InChI is InChI=1S/C4H9NO2.HNO2/c1-2-3-4-7-5-6;2-1-3/h2-4H2,1H3;(H,2,3). The first-order chi connectivity index (χ1) is 4.83. The summed E-state index contributed by atoms with van der Waals surface area (Å²) in [7, 11) is 0. The number of unbranched alkanes of at least 4 members (excludes halogenated alkanes) is 1. The second-order valence-corrected chi connectivity index (χ2v) is 1.34. The van der Waals surface area contributed by atoms with Crippen molar-refractivity contribution in [2.75, 3.05) is 6.61 Å². The van der Waals surface area contributed by atoms with E-state index >= 15 is 0 Å². The second kappa shape index (κ2) is 15.7.